The highest BCUT2D eigenvalue weighted by Gasteiger charge is 2.04. The standard InChI is InChI=1S/C38H46N2O6/c1-29(2)37(41)45-27-11-7-5-9-25-43-35-21-15-32(16-22-35)31-13-17-33(18-14-31)39-40-34-19-23-36(24-20-34)44-26-10-6-8-12-28-46-38(42)30(3)4/h13-24H,1,3,5-12,25-28H2,2,4H3. The lowest BCUT2D eigenvalue weighted by Gasteiger charge is -2.08. The quantitative estimate of drug-likeness (QED) is 0.0505. The summed E-state index contributed by atoms with van der Waals surface area (Å²) in [6.45, 7) is 12.6. The molecule has 46 heavy (non-hydrogen) atoms. The number of rotatable bonds is 21. The summed E-state index contributed by atoms with van der Waals surface area (Å²) in [4.78, 5) is 22.7. The van der Waals surface area contributed by atoms with Crippen LogP contribution in [0.4, 0.5) is 11.4 Å². The van der Waals surface area contributed by atoms with Gasteiger partial charge in [-0.2, -0.15) is 10.2 Å². The van der Waals surface area contributed by atoms with Crippen molar-refractivity contribution in [1.29, 1.82) is 0 Å². The van der Waals surface area contributed by atoms with Crippen molar-refractivity contribution in [2.75, 3.05) is 26.4 Å². The van der Waals surface area contributed by atoms with Gasteiger partial charge in [0.2, 0.25) is 0 Å². The molecule has 3 aromatic carbocycles. The van der Waals surface area contributed by atoms with Crippen molar-refractivity contribution in [2.45, 2.75) is 65.2 Å². The van der Waals surface area contributed by atoms with Crippen LogP contribution in [0.2, 0.25) is 0 Å². The van der Waals surface area contributed by atoms with Gasteiger partial charge in [-0.15, -0.1) is 0 Å². The normalized spacial score (nSPS) is 10.8. The minimum absolute atomic E-state index is 0.323. The Balaban J connectivity index is 1.30. The smallest absolute Gasteiger partial charge is 0.333 e. The van der Waals surface area contributed by atoms with Crippen LogP contribution in [0.5, 0.6) is 11.5 Å². The molecule has 0 heterocycles. The maximum absolute atomic E-state index is 11.4. The van der Waals surface area contributed by atoms with Crippen molar-refractivity contribution in [3.05, 3.63) is 97.1 Å². The Morgan fingerprint density at radius 2 is 0.826 bits per heavy atom. The molecule has 3 rings (SSSR count). The van der Waals surface area contributed by atoms with Crippen molar-refractivity contribution in [1.82, 2.24) is 0 Å². The van der Waals surface area contributed by atoms with E-state index in [9.17, 15) is 9.59 Å². The molecule has 0 unspecified atom stereocenters. The number of benzene rings is 3. The Bertz CT molecular complexity index is 1410. The molecule has 0 N–H and O–H groups in total. The van der Waals surface area contributed by atoms with Gasteiger partial charge < -0.3 is 18.9 Å². The molecule has 0 fully saturated rings. The van der Waals surface area contributed by atoms with Gasteiger partial charge in [-0.1, -0.05) is 37.4 Å². The van der Waals surface area contributed by atoms with E-state index in [0.29, 0.717) is 37.6 Å². The fourth-order valence-corrected chi connectivity index (χ4v) is 4.26. The number of hydrogen-bond acceptors (Lipinski definition) is 8. The number of azo groups is 1. The second-order valence-electron chi connectivity index (χ2n) is 11.1. The molecule has 244 valence electrons. The first-order valence-corrected chi connectivity index (χ1v) is 15.9. The first-order valence-electron chi connectivity index (χ1n) is 15.9. The molecule has 0 aliphatic heterocycles. The number of nitrogens with zero attached hydrogens (tertiary/aromatic N) is 2. The number of carbonyl (C=O) groups excluding carboxylic acids is 2. The van der Waals surface area contributed by atoms with Gasteiger partial charge in [-0.25, -0.2) is 9.59 Å². The largest absolute Gasteiger partial charge is 0.494 e. The summed E-state index contributed by atoms with van der Waals surface area (Å²) in [7, 11) is 0. The van der Waals surface area contributed by atoms with Crippen LogP contribution < -0.4 is 9.47 Å². The Kier molecular flexibility index (Phi) is 15.8. The van der Waals surface area contributed by atoms with E-state index in [1.807, 2.05) is 60.7 Å². The Morgan fingerprint density at radius 3 is 1.22 bits per heavy atom. The molecular weight excluding hydrogens is 580 g/mol. The van der Waals surface area contributed by atoms with Gasteiger partial charge in [-0.3, -0.25) is 0 Å². The molecular formula is C38H46N2O6. The summed E-state index contributed by atoms with van der Waals surface area (Å²) in [6, 6.07) is 23.6. The molecule has 0 atom stereocenters. The molecule has 0 bridgehead atoms. The number of esters is 2. The highest BCUT2D eigenvalue weighted by Crippen LogP contribution is 2.26. The molecule has 0 spiro atoms. The minimum Gasteiger partial charge on any atom is -0.494 e. The molecule has 8 heteroatoms. The number of hydrogen-bond donors (Lipinski definition) is 0. The summed E-state index contributed by atoms with van der Waals surface area (Å²) in [6.07, 6.45) is 7.57. The lowest BCUT2D eigenvalue weighted by molar-refractivity contribution is -0.139. The Morgan fingerprint density at radius 1 is 0.500 bits per heavy atom. The molecule has 0 aliphatic rings. The monoisotopic (exact) mass is 626 g/mol. The zero-order valence-electron chi connectivity index (χ0n) is 27.2. The van der Waals surface area contributed by atoms with Crippen LogP contribution in [-0.4, -0.2) is 38.4 Å². The molecule has 0 aromatic heterocycles. The molecule has 0 saturated carbocycles. The fraction of sp³-hybridized carbons (Fsp3) is 0.368. The zero-order chi connectivity index (χ0) is 33.0. The molecule has 8 nitrogen and oxygen atoms in total. The highest BCUT2D eigenvalue weighted by atomic mass is 16.5. The van der Waals surface area contributed by atoms with Crippen LogP contribution in [0.3, 0.4) is 0 Å². The lowest BCUT2D eigenvalue weighted by atomic mass is 10.1. The van der Waals surface area contributed by atoms with Crippen molar-refractivity contribution in [3.63, 3.8) is 0 Å². The van der Waals surface area contributed by atoms with Crippen LogP contribution in [0, 0.1) is 0 Å². The van der Waals surface area contributed by atoms with Gasteiger partial charge in [-0.05, 0) is 125 Å². The van der Waals surface area contributed by atoms with E-state index >= 15 is 0 Å². The summed E-state index contributed by atoms with van der Waals surface area (Å²) in [5.74, 6) is 0.991. The number of unbranched alkanes of at least 4 members (excludes halogenated alkanes) is 6. The topological polar surface area (TPSA) is 95.8 Å². The predicted octanol–water partition coefficient (Wildman–Crippen LogP) is 9.89. The van der Waals surface area contributed by atoms with Gasteiger partial charge in [0, 0.05) is 11.1 Å². The lowest BCUT2D eigenvalue weighted by Crippen LogP contribution is -2.06. The SMILES string of the molecule is C=C(C)C(=O)OCCCCCCOc1ccc(N=Nc2ccc(-c3ccc(OCCCCCCOC(=O)C(=C)C)cc3)cc2)cc1. The Labute approximate surface area is 273 Å². The molecule has 0 radical (unpaired) electrons. The van der Waals surface area contributed by atoms with Crippen molar-refractivity contribution in [2.24, 2.45) is 10.2 Å². The van der Waals surface area contributed by atoms with Gasteiger partial charge in [0.25, 0.3) is 0 Å². The van der Waals surface area contributed by atoms with E-state index < -0.39 is 0 Å². The Hall–Kier alpha value is -4.72. The minimum atomic E-state index is -0.327. The second-order valence-corrected chi connectivity index (χ2v) is 11.1. The highest BCUT2D eigenvalue weighted by molar-refractivity contribution is 5.87. The van der Waals surface area contributed by atoms with Crippen molar-refractivity contribution in [3.8, 4) is 22.6 Å². The fourth-order valence-electron chi connectivity index (χ4n) is 4.26. The van der Waals surface area contributed by atoms with Gasteiger partial charge in [0.05, 0.1) is 37.8 Å². The zero-order valence-corrected chi connectivity index (χ0v) is 27.2. The summed E-state index contributed by atoms with van der Waals surface area (Å²) in [5.41, 5.74) is 4.57. The van der Waals surface area contributed by atoms with E-state index in [2.05, 4.69) is 35.5 Å². The molecule has 0 amide bonds. The molecule has 3 aromatic rings. The maximum atomic E-state index is 11.4. The first kappa shape index (κ1) is 35.8. The molecule has 0 saturated heterocycles. The first-order chi connectivity index (χ1) is 22.3. The van der Waals surface area contributed by atoms with Crippen LogP contribution in [0.15, 0.2) is 107 Å². The maximum Gasteiger partial charge on any atom is 0.333 e. The second kappa shape index (κ2) is 20.3. The van der Waals surface area contributed by atoms with E-state index in [1.165, 1.54) is 0 Å². The third kappa shape index (κ3) is 13.9. The predicted molar refractivity (Wildman–Crippen MR) is 182 cm³/mol. The van der Waals surface area contributed by atoms with E-state index in [-0.39, 0.29) is 11.9 Å². The van der Waals surface area contributed by atoms with Crippen LogP contribution >= 0.6 is 0 Å². The van der Waals surface area contributed by atoms with Crippen LogP contribution in [0.1, 0.15) is 65.2 Å². The third-order valence-corrected chi connectivity index (χ3v) is 6.95. The van der Waals surface area contributed by atoms with Gasteiger partial charge in [0.1, 0.15) is 11.5 Å². The summed E-state index contributed by atoms with van der Waals surface area (Å²) >= 11 is 0. The van der Waals surface area contributed by atoms with E-state index in [1.54, 1.807) is 13.8 Å². The molecule has 0 aliphatic carbocycles. The average Bonchev–Trinajstić information content (AvgIpc) is 3.07. The van der Waals surface area contributed by atoms with Crippen molar-refractivity contribution >= 4 is 23.3 Å². The van der Waals surface area contributed by atoms with Crippen LogP contribution in [0.25, 0.3) is 11.1 Å². The third-order valence-electron chi connectivity index (χ3n) is 6.95. The number of carbonyl (C=O) groups is 2. The summed E-state index contributed by atoms with van der Waals surface area (Å²) < 4.78 is 21.9. The van der Waals surface area contributed by atoms with Gasteiger partial charge >= 0.3 is 11.9 Å². The summed E-state index contributed by atoms with van der Waals surface area (Å²) in [5, 5.41) is 8.72. The average molecular weight is 627 g/mol. The van der Waals surface area contributed by atoms with Crippen molar-refractivity contribution < 1.29 is 28.5 Å². The number of ether oxygens (including phenoxy) is 4. The van der Waals surface area contributed by atoms with Gasteiger partial charge in [0.15, 0.2) is 0 Å². The van der Waals surface area contributed by atoms with Crippen LogP contribution in [-0.2, 0) is 19.1 Å². The van der Waals surface area contributed by atoms with E-state index in [0.717, 1.165) is 85.4 Å². The van der Waals surface area contributed by atoms with E-state index in [4.69, 9.17) is 18.9 Å².